The van der Waals surface area contributed by atoms with Crippen molar-refractivity contribution in [3.63, 3.8) is 0 Å². The molecule has 8 nitrogen and oxygen atoms in total. The number of amides is 3. The lowest BCUT2D eigenvalue weighted by Crippen LogP contribution is -2.58. The van der Waals surface area contributed by atoms with E-state index >= 15 is 0 Å². The van der Waals surface area contributed by atoms with Gasteiger partial charge in [-0.2, -0.15) is 0 Å². The highest BCUT2D eigenvalue weighted by Gasteiger charge is 2.35. The quantitative estimate of drug-likeness (QED) is 0.758. The lowest BCUT2D eigenvalue weighted by Gasteiger charge is -2.35. The smallest absolute Gasteiger partial charge is 0.254 e. The minimum absolute atomic E-state index is 0.146. The average Bonchev–Trinajstić information content (AvgIpc) is 2.75. The Morgan fingerprint density at radius 3 is 2.33 bits per heavy atom. The Labute approximate surface area is 175 Å². The lowest BCUT2D eigenvalue weighted by molar-refractivity contribution is -0.131. The summed E-state index contributed by atoms with van der Waals surface area (Å²) in [5.41, 5.74) is 2.03. The lowest BCUT2D eigenvalue weighted by atomic mass is 10.1. The zero-order valence-electron chi connectivity index (χ0n) is 17.2. The Balaban J connectivity index is 1.78. The molecule has 1 aliphatic heterocycles. The molecular weight excluding hydrogens is 386 g/mol. The van der Waals surface area contributed by atoms with Crippen molar-refractivity contribution in [2.75, 3.05) is 32.6 Å². The summed E-state index contributed by atoms with van der Waals surface area (Å²) in [7, 11) is 2.99. The van der Waals surface area contributed by atoms with Crippen LogP contribution in [0.25, 0.3) is 0 Å². The van der Waals surface area contributed by atoms with Crippen molar-refractivity contribution in [3.05, 3.63) is 53.6 Å². The van der Waals surface area contributed by atoms with E-state index in [0.29, 0.717) is 35.8 Å². The Bertz CT molecular complexity index is 920. The molecule has 1 heterocycles. The predicted molar refractivity (Wildman–Crippen MR) is 112 cm³/mol. The topological polar surface area (TPSA) is 97.0 Å². The molecule has 0 saturated carbocycles. The zero-order valence-corrected chi connectivity index (χ0v) is 17.2. The van der Waals surface area contributed by atoms with E-state index in [1.165, 1.54) is 19.1 Å². The van der Waals surface area contributed by atoms with Gasteiger partial charge in [-0.15, -0.1) is 0 Å². The fraction of sp³-hybridized carbons (Fsp3) is 0.318. The molecule has 158 valence electrons. The van der Waals surface area contributed by atoms with E-state index < -0.39 is 6.04 Å². The predicted octanol–water partition coefficient (Wildman–Crippen LogP) is 1.98. The van der Waals surface area contributed by atoms with E-state index in [2.05, 4.69) is 10.6 Å². The first-order valence-corrected chi connectivity index (χ1v) is 9.59. The number of carbonyl (C=O) groups is 3. The fourth-order valence-electron chi connectivity index (χ4n) is 3.28. The third-order valence-corrected chi connectivity index (χ3v) is 4.90. The van der Waals surface area contributed by atoms with Crippen LogP contribution in [0, 0.1) is 6.92 Å². The molecule has 1 fully saturated rings. The van der Waals surface area contributed by atoms with Gasteiger partial charge >= 0.3 is 0 Å². The molecule has 0 spiro atoms. The van der Waals surface area contributed by atoms with Crippen molar-refractivity contribution in [2.24, 2.45) is 0 Å². The van der Waals surface area contributed by atoms with Crippen LogP contribution in [0.5, 0.6) is 11.5 Å². The van der Waals surface area contributed by atoms with Gasteiger partial charge in [-0.05, 0) is 31.2 Å². The van der Waals surface area contributed by atoms with Crippen LogP contribution in [0.3, 0.4) is 0 Å². The van der Waals surface area contributed by atoms with Crippen LogP contribution in [0.4, 0.5) is 5.69 Å². The summed E-state index contributed by atoms with van der Waals surface area (Å²) >= 11 is 0. The number of nitrogens with zero attached hydrogens (tertiary/aromatic N) is 1. The summed E-state index contributed by atoms with van der Waals surface area (Å²) in [5, 5.41) is 5.50. The first-order valence-electron chi connectivity index (χ1n) is 9.59. The standard InChI is InChI=1S/C22H25N3O5/c1-14-4-6-16(7-5-14)24-20(26)13-19-21(27)23-8-9-25(19)22(28)15-10-17(29-2)12-18(11-15)30-3/h4-7,10-12,19H,8-9,13H2,1-3H3,(H,23,27)(H,24,26)/t19-/m0/s1. The van der Waals surface area contributed by atoms with Gasteiger partial charge in [0, 0.05) is 30.4 Å². The summed E-state index contributed by atoms with van der Waals surface area (Å²) < 4.78 is 10.5. The number of piperazine rings is 1. The SMILES string of the molecule is COc1cc(OC)cc(C(=O)N2CCNC(=O)[C@@H]2CC(=O)Nc2ccc(C)cc2)c1. The molecule has 0 aromatic heterocycles. The summed E-state index contributed by atoms with van der Waals surface area (Å²) in [5.74, 6) is -0.138. The molecule has 3 rings (SSSR count). The minimum Gasteiger partial charge on any atom is -0.497 e. The monoisotopic (exact) mass is 411 g/mol. The fourth-order valence-corrected chi connectivity index (χ4v) is 3.28. The third kappa shape index (κ3) is 4.89. The molecule has 2 N–H and O–H groups in total. The molecule has 0 unspecified atom stereocenters. The molecule has 1 aliphatic rings. The van der Waals surface area contributed by atoms with E-state index in [1.807, 2.05) is 19.1 Å². The second-order valence-electron chi connectivity index (χ2n) is 7.03. The summed E-state index contributed by atoms with van der Waals surface area (Å²) in [6, 6.07) is 11.3. The molecule has 3 amide bonds. The second kappa shape index (κ2) is 9.30. The minimum atomic E-state index is -0.908. The third-order valence-electron chi connectivity index (χ3n) is 4.90. The van der Waals surface area contributed by atoms with Gasteiger partial charge in [0.15, 0.2) is 0 Å². The van der Waals surface area contributed by atoms with Gasteiger partial charge in [-0.25, -0.2) is 0 Å². The molecular formula is C22H25N3O5. The maximum absolute atomic E-state index is 13.2. The van der Waals surface area contributed by atoms with Crippen LogP contribution >= 0.6 is 0 Å². The van der Waals surface area contributed by atoms with Crippen LogP contribution in [-0.2, 0) is 9.59 Å². The molecule has 30 heavy (non-hydrogen) atoms. The number of hydrogen-bond donors (Lipinski definition) is 2. The number of ether oxygens (including phenoxy) is 2. The molecule has 8 heteroatoms. The number of rotatable bonds is 6. The average molecular weight is 411 g/mol. The van der Waals surface area contributed by atoms with Crippen LogP contribution in [0.2, 0.25) is 0 Å². The normalized spacial score (nSPS) is 15.9. The van der Waals surface area contributed by atoms with Crippen LogP contribution < -0.4 is 20.1 Å². The van der Waals surface area contributed by atoms with Crippen LogP contribution in [0.1, 0.15) is 22.3 Å². The van der Waals surface area contributed by atoms with Crippen LogP contribution in [-0.4, -0.2) is 56.0 Å². The highest BCUT2D eigenvalue weighted by Crippen LogP contribution is 2.25. The highest BCUT2D eigenvalue weighted by atomic mass is 16.5. The van der Waals surface area contributed by atoms with Crippen molar-refractivity contribution in [2.45, 2.75) is 19.4 Å². The molecule has 0 radical (unpaired) electrons. The molecule has 2 aromatic rings. The van der Waals surface area contributed by atoms with Gasteiger partial charge in [0.1, 0.15) is 17.5 Å². The summed E-state index contributed by atoms with van der Waals surface area (Å²) in [4.78, 5) is 39.6. The van der Waals surface area contributed by atoms with E-state index in [4.69, 9.17) is 9.47 Å². The van der Waals surface area contributed by atoms with E-state index in [9.17, 15) is 14.4 Å². The number of anilines is 1. The van der Waals surface area contributed by atoms with Gasteiger partial charge in [0.25, 0.3) is 5.91 Å². The Morgan fingerprint density at radius 2 is 1.73 bits per heavy atom. The number of methoxy groups -OCH3 is 2. The van der Waals surface area contributed by atoms with E-state index in [-0.39, 0.29) is 24.1 Å². The highest BCUT2D eigenvalue weighted by molar-refractivity contribution is 6.01. The van der Waals surface area contributed by atoms with Gasteiger partial charge < -0.3 is 25.0 Å². The molecule has 1 atom stereocenters. The molecule has 0 aliphatic carbocycles. The van der Waals surface area contributed by atoms with Gasteiger partial charge in [0.05, 0.1) is 20.6 Å². The van der Waals surface area contributed by atoms with Crippen molar-refractivity contribution >= 4 is 23.4 Å². The second-order valence-corrected chi connectivity index (χ2v) is 7.03. The Kier molecular flexibility index (Phi) is 6.56. The number of carbonyl (C=O) groups excluding carboxylic acids is 3. The zero-order chi connectivity index (χ0) is 21.7. The summed E-state index contributed by atoms with van der Waals surface area (Å²) in [6.07, 6.45) is -0.146. The molecule has 2 aromatic carbocycles. The number of benzene rings is 2. The Hall–Kier alpha value is -3.55. The maximum Gasteiger partial charge on any atom is 0.254 e. The van der Waals surface area contributed by atoms with Crippen molar-refractivity contribution in [1.29, 1.82) is 0 Å². The number of aryl methyl sites for hydroxylation is 1. The molecule has 1 saturated heterocycles. The maximum atomic E-state index is 13.2. The van der Waals surface area contributed by atoms with Gasteiger partial charge in [0.2, 0.25) is 11.8 Å². The number of nitrogens with one attached hydrogen (secondary N) is 2. The molecule has 0 bridgehead atoms. The van der Waals surface area contributed by atoms with Gasteiger partial charge in [-0.1, -0.05) is 17.7 Å². The Morgan fingerprint density at radius 1 is 1.10 bits per heavy atom. The van der Waals surface area contributed by atoms with Crippen LogP contribution in [0.15, 0.2) is 42.5 Å². The largest absolute Gasteiger partial charge is 0.497 e. The van der Waals surface area contributed by atoms with Crippen molar-refractivity contribution in [1.82, 2.24) is 10.2 Å². The first-order chi connectivity index (χ1) is 14.4. The number of hydrogen-bond acceptors (Lipinski definition) is 5. The van der Waals surface area contributed by atoms with Crippen molar-refractivity contribution in [3.8, 4) is 11.5 Å². The summed E-state index contributed by atoms with van der Waals surface area (Å²) in [6.45, 7) is 2.57. The van der Waals surface area contributed by atoms with Crippen molar-refractivity contribution < 1.29 is 23.9 Å². The first kappa shape index (κ1) is 21.2. The van der Waals surface area contributed by atoms with Gasteiger partial charge in [-0.3, -0.25) is 14.4 Å². The van der Waals surface area contributed by atoms with E-state index in [1.54, 1.807) is 30.3 Å². The van der Waals surface area contributed by atoms with E-state index in [0.717, 1.165) is 5.56 Å².